The molecule has 0 bridgehead atoms. The van der Waals surface area contributed by atoms with Gasteiger partial charge in [-0.3, -0.25) is 0 Å². The molecule has 0 aliphatic carbocycles. The van der Waals surface area contributed by atoms with E-state index in [1.807, 2.05) is 0 Å². The van der Waals surface area contributed by atoms with E-state index >= 15 is 0 Å². The van der Waals surface area contributed by atoms with E-state index in [1.165, 1.54) is 6.07 Å². The van der Waals surface area contributed by atoms with E-state index in [-0.39, 0.29) is 5.69 Å². The minimum atomic E-state index is -4.25. The summed E-state index contributed by atoms with van der Waals surface area (Å²) in [6.07, 6.45) is -2.63. The molecule has 1 aromatic rings. The van der Waals surface area contributed by atoms with Crippen molar-refractivity contribution in [1.29, 1.82) is 0 Å². The Labute approximate surface area is 79.9 Å². The van der Waals surface area contributed by atoms with Crippen LogP contribution in [0.3, 0.4) is 0 Å². The van der Waals surface area contributed by atoms with E-state index in [1.54, 1.807) is 6.07 Å². The highest BCUT2D eigenvalue weighted by Crippen LogP contribution is 2.38. The standard InChI is InChI=1S/C10H10F3N/c11-10(12,13)8-5-1-3-7-4-2-6-14-9(7)8/h1,3,5,14H,2,4,6H2. The normalized spacial score (nSPS) is 15.9. The quantitative estimate of drug-likeness (QED) is 0.680. The van der Waals surface area contributed by atoms with Gasteiger partial charge in [0.05, 0.1) is 5.56 Å². The van der Waals surface area contributed by atoms with Crippen molar-refractivity contribution in [3.8, 4) is 0 Å². The second-order valence-electron chi connectivity index (χ2n) is 3.37. The van der Waals surface area contributed by atoms with E-state index in [0.29, 0.717) is 6.54 Å². The molecular formula is C10H10F3N. The molecule has 2 rings (SSSR count). The lowest BCUT2D eigenvalue weighted by atomic mass is 9.99. The Kier molecular flexibility index (Phi) is 2.13. The summed E-state index contributed by atoms with van der Waals surface area (Å²) in [7, 11) is 0. The van der Waals surface area contributed by atoms with Gasteiger partial charge in [-0.05, 0) is 24.5 Å². The minimum Gasteiger partial charge on any atom is -0.384 e. The van der Waals surface area contributed by atoms with Crippen LogP contribution in [0.15, 0.2) is 18.2 Å². The van der Waals surface area contributed by atoms with Crippen molar-refractivity contribution in [2.24, 2.45) is 0 Å². The van der Waals surface area contributed by atoms with E-state index < -0.39 is 11.7 Å². The molecule has 4 heteroatoms. The average molecular weight is 201 g/mol. The van der Waals surface area contributed by atoms with Crippen molar-refractivity contribution in [3.63, 3.8) is 0 Å². The lowest BCUT2D eigenvalue weighted by molar-refractivity contribution is -0.137. The Morgan fingerprint density at radius 3 is 2.71 bits per heavy atom. The number of hydrogen-bond donors (Lipinski definition) is 1. The van der Waals surface area contributed by atoms with E-state index in [9.17, 15) is 13.2 Å². The highest BCUT2D eigenvalue weighted by atomic mass is 19.4. The summed E-state index contributed by atoms with van der Waals surface area (Å²) < 4.78 is 37.6. The third-order valence-electron chi connectivity index (χ3n) is 2.38. The number of rotatable bonds is 0. The summed E-state index contributed by atoms with van der Waals surface area (Å²) >= 11 is 0. The Morgan fingerprint density at radius 1 is 1.21 bits per heavy atom. The molecule has 0 saturated heterocycles. The van der Waals surface area contributed by atoms with Crippen LogP contribution in [-0.4, -0.2) is 6.54 Å². The largest absolute Gasteiger partial charge is 0.418 e. The van der Waals surface area contributed by atoms with Crippen LogP contribution in [0.4, 0.5) is 18.9 Å². The van der Waals surface area contributed by atoms with Gasteiger partial charge in [0.25, 0.3) is 0 Å². The Hall–Kier alpha value is -1.19. The first kappa shape index (κ1) is 9.37. The fraction of sp³-hybridized carbons (Fsp3) is 0.400. The highest BCUT2D eigenvalue weighted by Gasteiger charge is 2.34. The summed E-state index contributed by atoms with van der Waals surface area (Å²) in [5.74, 6) is 0. The summed E-state index contributed by atoms with van der Waals surface area (Å²) in [6.45, 7) is 0.625. The number of aryl methyl sites for hydroxylation is 1. The predicted octanol–water partition coefficient (Wildman–Crippen LogP) is 3.06. The SMILES string of the molecule is FC(F)(F)c1cccc2c1NCCC2. The molecule has 0 saturated carbocycles. The van der Waals surface area contributed by atoms with Gasteiger partial charge in [0.15, 0.2) is 0 Å². The molecule has 0 radical (unpaired) electrons. The molecule has 1 aliphatic heterocycles. The fourth-order valence-electron chi connectivity index (χ4n) is 1.75. The molecule has 0 amide bonds. The van der Waals surface area contributed by atoms with Crippen LogP contribution in [0.25, 0.3) is 0 Å². The van der Waals surface area contributed by atoms with Crippen molar-refractivity contribution in [2.75, 3.05) is 11.9 Å². The Bertz CT molecular complexity index is 344. The summed E-state index contributed by atoms with van der Waals surface area (Å²) in [6, 6.07) is 4.34. The van der Waals surface area contributed by atoms with E-state index in [4.69, 9.17) is 0 Å². The maximum atomic E-state index is 12.5. The average Bonchev–Trinajstić information content (AvgIpc) is 2.15. The van der Waals surface area contributed by atoms with Gasteiger partial charge in [0, 0.05) is 12.2 Å². The molecule has 0 atom stereocenters. The van der Waals surface area contributed by atoms with Crippen LogP contribution in [0.5, 0.6) is 0 Å². The Balaban J connectivity index is 2.51. The van der Waals surface area contributed by atoms with Gasteiger partial charge in [-0.15, -0.1) is 0 Å². The van der Waals surface area contributed by atoms with Gasteiger partial charge in [-0.1, -0.05) is 12.1 Å². The molecule has 1 heterocycles. The van der Waals surface area contributed by atoms with Gasteiger partial charge in [0.1, 0.15) is 0 Å². The number of fused-ring (bicyclic) bond motifs is 1. The van der Waals surface area contributed by atoms with Crippen molar-refractivity contribution in [2.45, 2.75) is 19.0 Å². The minimum absolute atomic E-state index is 0.270. The molecule has 14 heavy (non-hydrogen) atoms. The third kappa shape index (κ3) is 1.56. The maximum Gasteiger partial charge on any atom is 0.418 e. The van der Waals surface area contributed by atoms with Crippen LogP contribution in [-0.2, 0) is 12.6 Å². The van der Waals surface area contributed by atoms with Crippen LogP contribution in [0, 0.1) is 0 Å². The van der Waals surface area contributed by atoms with Crippen molar-refractivity contribution in [1.82, 2.24) is 0 Å². The first-order valence-electron chi connectivity index (χ1n) is 4.52. The van der Waals surface area contributed by atoms with Gasteiger partial charge in [-0.2, -0.15) is 13.2 Å². The molecule has 0 aromatic heterocycles. The topological polar surface area (TPSA) is 12.0 Å². The van der Waals surface area contributed by atoms with Crippen molar-refractivity contribution in [3.05, 3.63) is 29.3 Å². The summed E-state index contributed by atoms with van der Waals surface area (Å²) in [5, 5.41) is 2.82. The summed E-state index contributed by atoms with van der Waals surface area (Å²) in [5.41, 5.74) is 0.493. The van der Waals surface area contributed by atoms with E-state index in [2.05, 4.69) is 5.32 Å². The number of para-hydroxylation sites is 1. The van der Waals surface area contributed by atoms with E-state index in [0.717, 1.165) is 24.5 Å². The number of hydrogen-bond acceptors (Lipinski definition) is 1. The molecule has 1 nitrogen and oxygen atoms in total. The van der Waals surface area contributed by atoms with Gasteiger partial charge >= 0.3 is 6.18 Å². The lowest BCUT2D eigenvalue weighted by Gasteiger charge is -2.22. The predicted molar refractivity (Wildman–Crippen MR) is 48.3 cm³/mol. The first-order valence-corrected chi connectivity index (χ1v) is 4.52. The zero-order chi connectivity index (χ0) is 10.2. The van der Waals surface area contributed by atoms with Gasteiger partial charge in [0.2, 0.25) is 0 Å². The second-order valence-corrected chi connectivity index (χ2v) is 3.37. The van der Waals surface area contributed by atoms with Crippen molar-refractivity contribution < 1.29 is 13.2 Å². The third-order valence-corrected chi connectivity index (χ3v) is 2.38. The molecule has 0 spiro atoms. The second kappa shape index (κ2) is 3.19. The zero-order valence-electron chi connectivity index (χ0n) is 7.49. The molecular weight excluding hydrogens is 191 g/mol. The fourth-order valence-corrected chi connectivity index (χ4v) is 1.75. The van der Waals surface area contributed by atoms with Crippen LogP contribution >= 0.6 is 0 Å². The molecule has 1 N–H and O–H groups in total. The Morgan fingerprint density at radius 2 is 2.00 bits per heavy atom. The number of nitrogens with one attached hydrogen (secondary N) is 1. The monoisotopic (exact) mass is 201 g/mol. The molecule has 1 aromatic carbocycles. The van der Waals surface area contributed by atoms with Crippen LogP contribution in [0.1, 0.15) is 17.5 Å². The lowest BCUT2D eigenvalue weighted by Crippen LogP contribution is -2.17. The molecule has 0 fully saturated rings. The number of halogens is 3. The number of benzene rings is 1. The van der Waals surface area contributed by atoms with Crippen LogP contribution < -0.4 is 5.32 Å². The van der Waals surface area contributed by atoms with Crippen molar-refractivity contribution >= 4 is 5.69 Å². The summed E-state index contributed by atoms with van der Waals surface area (Å²) in [4.78, 5) is 0. The van der Waals surface area contributed by atoms with Crippen LogP contribution in [0.2, 0.25) is 0 Å². The highest BCUT2D eigenvalue weighted by molar-refractivity contribution is 5.60. The number of alkyl halides is 3. The molecule has 0 unspecified atom stereocenters. The van der Waals surface area contributed by atoms with Gasteiger partial charge < -0.3 is 5.32 Å². The maximum absolute atomic E-state index is 12.5. The smallest absolute Gasteiger partial charge is 0.384 e. The molecule has 1 aliphatic rings. The first-order chi connectivity index (χ1) is 6.59. The zero-order valence-corrected chi connectivity index (χ0v) is 7.49. The van der Waals surface area contributed by atoms with Gasteiger partial charge in [-0.25, -0.2) is 0 Å². The number of anilines is 1. The molecule has 76 valence electrons.